The van der Waals surface area contributed by atoms with Crippen LogP contribution in [0.2, 0.25) is 5.02 Å². The molecule has 0 radical (unpaired) electrons. The maximum atomic E-state index is 12.9. The predicted molar refractivity (Wildman–Crippen MR) is 106 cm³/mol. The van der Waals surface area contributed by atoms with Crippen LogP contribution in [0.3, 0.4) is 0 Å². The van der Waals surface area contributed by atoms with Gasteiger partial charge in [0.15, 0.2) is 18.1 Å². The summed E-state index contributed by atoms with van der Waals surface area (Å²) in [4.78, 5) is 39.0. The summed E-state index contributed by atoms with van der Waals surface area (Å²) in [5, 5.41) is 0.129. The lowest BCUT2D eigenvalue weighted by Gasteiger charge is -2.34. The van der Waals surface area contributed by atoms with Gasteiger partial charge in [-0.25, -0.2) is 4.79 Å². The summed E-state index contributed by atoms with van der Waals surface area (Å²) in [6.45, 7) is 5.44. The zero-order valence-corrected chi connectivity index (χ0v) is 17.5. The molecular weight excluding hydrogens is 402 g/mol. The number of carbonyl (C=O) groups excluding carboxylic acids is 3. The molecule has 1 heterocycles. The summed E-state index contributed by atoms with van der Waals surface area (Å²) in [5.41, 5.74) is 5.39. The number of rotatable bonds is 7. The van der Waals surface area contributed by atoms with Gasteiger partial charge in [0.05, 0.1) is 18.7 Å². The number of hydrogen-bond donors (Lipinski definition) is 1. The van der Waals surface area contributed by atoms with Crippen LogP contribution in [0, 0.1) is 5.92 Å². The molecule has 0 atom stereocenters. The highest BCUT2D eigenvalue weighted by atomic mass is 35.5. The number of amides is 3. The van der Waals surface area contributed by atoms with Crippen molar-refractivity contribution < 1.29 is 28.6 Å². The second-order valence-electron chi connectivity index (χ2n) is 6.99. The highest BCUT2D eigenvalue weighted by Crippen LogP contribution is 2.36. The molecule has 9 nitrogen and oxygen atoms in total. The van der Waals surface area contributed by atoms with Gasteiger partial charge in [-0.2, -0.15) is 0 Å². The number of carbonyl (C=O) groups is 3. The number of nitrogens with two attached hydrogens (primary N) is 1. The van der Waals surface area contributed by atoms with Crippen LogP contribution < -0.4 is 15.2 Å². The summed E-state index contributed by atoms with van der Waals surface area (Å²) < 4.78 is 15.7. The second-order valence-corrected chi connectivity index (χ2v) is 7.40. The van der Waals surface area contributed by atoms with Crippen LogP contribution in [0.1, 0.15) is 24.2 Å². The third-order valence-corrected chi connectivity index (χ3v) is 4.48. The number of primary amides is 1. The fraction of sp³-hybridized carbons (Fsp3) is 0.526. The van der Waals surface area contributed by atoms with Gasteiger partial charge in [-0.15, -0.1) is 0 Å². The van der Waals surface area contributed by atoms with Crippen LogP contribution in [-0.4, -0.2) is 74.2 Å². The van der Waals surface area contributed by atoms with E-state index in [-0.39, 0.29) is 41.0 Å². The molecule has 160 valence electrons. The van der Waals surface area contributed by atoms with E-state index >= 15 is 0 Å². The third kappa shape index (κ3) is 6.15. The molecule has 1 fully saturated rings. The van der Waals surface area contributed by atoms with Crippen molar-refractivity contribution >= 4 is 29.5 Å². The van der Waals surface area contributed by atoms with Gasteiger partial charge < -0.3 is 29.7 Å². The smallest absolute Gasteiger partial charge is 0.409 e. The standard InChI is InChI=1S/C19H26ClN3O6/c1-12(2)10-29-19(26)23-6-4-22(5-7-23)18(25)13-8-14(20)17(15(9-13)27-3)28-11-16(21)24/h8-9,12H,4-7,10-11H2,1-3H3,(H2,21,24). The van der Waals surface area contributed by atoms with Crippen LogP contribution >= 0.6 is 11.6 Å². The highest BCUT2D eigenvalue weighted by Gasteiger charge is 2.27. The number of nitrogens with zero attached hydrogens (tertiary/aromatic N) is 2. The molecule has 0 aliphatic carbocycles. The van der Waals surface area contributed by atoms with E-state index in [4.69, 9.17) is 31.5 Å². The zero-order chi connectivity index (χ0) is 21.6. The molecule has 1 aromatic rings. The monoisotopic (exact) mass is 427 g/mol. The maximum absolute atomic E-state index is 12.9. The number of hydrogen-bond acceptors (Lipinski definition) is 6. The Labute approximate surface area is 174 Å². The van der Waals surface area contributed by atoms with Crippen molar-refractivity contribution in [1.29, 1.82) is 0 Å². The Balaban J connectivity index is 2.03. The largest absolute Gasteiger partial charge is 0.493 e. The van der Waals surface area contributed by atoms with Crippen LogP contribution in [0.5, 0.6) is 11.5 Å². The van der Waals surface area contributed by atoms with Gasteiger partial charge in [0.2, 0.25) is 0 Å². The first-order valence-electron chi connectivity index (χ1n) is 9.22. The van der Waals surface area contributed by atoms with E-state index in [1.807, 2.05) is 13.8 Å². The van der Waals surface area contributed by atoms with Gasteiger partial charge in [0.25, 0.3) is 11.8 Å². The Morgan fingerprint density at radius 2 is 1.76 bits per heavy atom. The number of benzene rings is 1. The molecule has 0 unspecified atom stereocenters. The molecule has 2 rings (SSSR count). The maximum Gasteiger partial charge on any atom is 0.409 e. The minimum Gasteiger partial charge on any atom is -0.493 e. The number of methoxy groups -OCH3 is 1. The van der Waals surface area contributed by atoms with Gasteiger partial charge in [0.1, 0.15) is 0 Å². The summed E-state index contributed by atoms with van der Waals surface area (Å²) in [5.74, 6) is -0.286. The van der Waals surface area contributed by atoms with Crippen molar-refractivity contribution in [3.63, 3.8) is 0 Å². The predicted octanol–water partition coefficient (Wildman–Crippen LogP) is 1.76. The Morgan fingerprint density at radius 1 is 1.14 bits per heavy atom. The van der Waals surface area contributed by atoms with Crippen LogP contribution in [-0.2, 0) is 9.53 Å². The molecule has 1 aliphatic heterocycles. The summed E-state index contributed by atoms with van der Waals surface area (Å²) in [6.07, 6.45) is -0.369. The summed E-state index contributed by atoms with van der Waals surface area (Å²) in [7, 11) is 1.40. The molecule has 0 aromatic heterocycles. The van der Waals surface area contributed by atoms with Crippen molar-refractivity contribution in [2.24, 2.45) is 11.7 Å². The normalized spacial score (nSPS) is 14.0. The molecule has 0 saturated carbocycles. The first-order chi connectivity index (χ1) is 13.7. The third-order valence-electron chi connectivity index (χ3n) is 4.20. The topological polar surface area (TPSA) is 111 Å². The molecule has 0 bridgehead atoms. The molecule has 29 heavy (non-hydrogen) atoms. The quantitative estimate of drug-likeness (QED) is 0.709. The van der Waals surface area contributed by atoms with E-state index < -0.39 is 5.91 Å². The summed E-state index contributed by atoms with van der Waals surface area (Å²) >= 11 is 6.21. The minimum absolute atomic E-state index is 0.129. The lowest BCUT2D eigenvalue weighted by Crippen LogP contribution is -2.50. The first kappa shape index (κ1) is 22.6. The molecule has 1 saturated heterocycles. The molecule has 1 aromatic carbocycles. The van der Waals surface area contributed by atoms with Gasteiger partial charge in [-0.05, 0) is 18.1 Å². The van der Waals surface area contributed by atoms with E-state index in [9.17, 15) is 14.4 Å². The van der Waals surface area contributed by atoms with Crippen molar-refractivity contribution in [3.8, 4) is 11.5 Å². The Kier molecular flexibility index (Phi) is 7.95. The number of halogens is 1. The van der Waals surface area contributed by atoms with Crippen molar-refractivity contribution in [2.75, 3.05) is 46.5 Å². The van der Waals surface area contributed by atoms with Crippen LogP contribution in [0.15, 0.2) is 12.1 Å². The lowest BCUT2D eigenvalue weighted by atomic mass is 10.1. The van der Waals surface area contributed by atoms with E-state index in [0.29, 0.717) is 38.3 Å². The van der Waals surface area contributed by atoms with Gasteiger partial charge in [-0.3, -0.25) is 9.59 Å². The van der Waals surface area contributed by atoms with Crippen molar-refractivity contribution in [1.82, 2.24) is 9.80 Å². The SMILES string of the molecule is COc1cc(C(=O)N2CCN(C(=O)OCC(C)C)CC2)cc(Cl)c1OCC(N)=O. The fourth-order valence-electron chi connectivity index (χ4n) is 2.73. The summed E-state index contributed by atoms with van der Waals surface area (Å²) in [6, 6.07) is 2.94. The Morgan fingerprint density at radius 3 is 2.31 bits per heavy atom. The van der Waals surface area contributed by atoms with Gasteiger partial charge >= 0.3 is 6.09 Å². The number of ether oxygens (including phenoxy) is 3. The van der Waals surface area contributed by atoms with Gasteiger partial charge in [-0.1, -0.05) is 25.4 Å². The second kappa shape index (κ2) is 10.2. The van der Waals surface area contributed by atoms with E-state index in [0.717, 1.165) is 0 Å². The fourth-order valence-corrected chi connectivity index (χ4v) is 3.00. The average Bonchev–Trinajstić information content (AvgIpc) is 2.69. The molecule has 0 spiro atoms. The zero-order valence-electron chi connectivity index (χ0n) is 16.8. The molecule has 10 heteroatoms. The molecular formula is C19H26ClN3O6. The number of piperazine rings is 1. The van der Waals surface area contributed by atoms with E-state index in [1.165, 1.54) is 19.2 Å². The van der Waals surface area contributed by atoms with Crippen molar-refractivity contribution in [2.45, 2.75) is 13.8 Å². The molecule has 1 aliphatic rings. The Bertz CT molecular complexity index is 763. The van der Waals surface area contributed by atoms with Gasteiger partial charge in [0, 0.05) is 31.7 Å². The van der Waals surface area contributed by atoms with E-state index in [1.54, 1.807) is 9.80 Å². The van der Waals surface area contributed by atoms with E-state index in [2.05, 4.69) is 0 Å². The lowest BCUT2D eigenvalue weighted by molar-refractivity contribution is -0.119. The minimum atomic E-state index is -0.659. The Hall–Kier alpha value is -2.68. The highest BCUT2D eigenvalue weighted by molar-refractivity contribution is 6.32. The van der Waals surface area contributed by atoms with Crippen LogP contribution in [0.4, 0.5) is 4.79 Å². The van der Waals surface area contributed by atoms with Crippen molar-refractivity contribution in [3.05, 3.63) is 22.7 Å². The first-order valence-corrected chi connectivity index (χ1v) is 9.60. The molecule has 2 N–H and O–H groups in total. The molecule has 3 amide bonds. The van der Waals surface area contributed by atoms with Crippen LogP contribution in [0.25, 0.3) is 0 Å². The average molecular weight is 428 g/mol.